The summed E-state index contributed by atoms with van der Waals surface area (Å²) in [4.78, 5) is 0. The van der Waals surface area contributed by atoms with Crippen LogP contribution in [0.5, 0.6) is 0 Å². The Labute approximate surface area is 338 Å². The van der Waals surface area contributed by atoms with Gasteiger partial charge in [-0.15, -0.1) is 69.1 Å². The normalized spacial score (nSPS) is 11.2. The molecular weight excluding hydrogens is 767 g/mol. The fourth-order valence-electron chi connectivity index (χ4n) is 7.03. The van der Waals surface area contributed by atoms with Crippen molar-refractivity contribution >= 4 is 48.1 Å². The first kappa shape index (κ1) is 44.2. The molecular formula is C48H60Cl2SiZr. The summed E-state index contributed by atoms with van der Waals surface area (Å²) < 4.78 is 0. The van der Waals surface area contributed by atoms with Crippen LogP contribution in [-0.4, -0.2) is 9.52 Å². The summed E-state index contributed by atoms with van der Waals surface area (Å²) in [7, 11) is 11.0. The molecule has 0 N–H and O–H groups in total. The molecule has 0 atom stereocenters. The van der Waals surface area contributed by atoms with Crippen LogP contribution < -0.4 is 0 Å². The summed E-state index contributed by atoms with van der Waals surface area (Å²) >= 11 is -0.826. The molecule has 6 aromatic carbocycles. The molecule has 0 saturated heterocycles. The molecule has 0 unspecified atom stereocenters. The van der Waals surface area contributed by atoms with Gasteiger partial charge in [-0.25, -0.2) is 0 Å². The fraction of sp³-hybridized carbons (Fsp3) is 0.375. The van der Waals surface area contributed by atoms with E-state index < -0.39 is 20.8 Å². The second-order valence-corrected chi connectivity index (χ2v) is 21.0. The van der Waals surface area contributed by atoms with Gasteiger partial charge < -0.3 is 0 Å². The molecule has 6 aromatic rings. The van der Waals surface area contributed by atoms with Crippen molar-refractivity contribution in [2.24, 2.45) is 0 Å². The number of halogens is 2. The summed E-state index contributed by atoms with van der Waals surface area (Å²) in [6.07, 6.45) is 2.13. The predicted molar refractivity (Wildman–Crippen MR) is 234 cm³/mol. The van der Waals surface area contributed by atoms with E-state index in [0.717, 1.165) is 22.4 Å². The van der Waals surface area contributed by atoms with Gasteiger partial charge in [-0.2, -0.15) is 12.1 Å². The van der Waals surface area contributed by atoms with Crippen LogP contribution in [0.2, 0.25) is 13.1 Å². The van der Waals surface area contributed by atoms with Gasteiger partial charge in [0.15, 0.2) is 0 Å². The summed E-state index contributed by atoms with van der Waals surface area (Å²) in [5.74, 6) is 0. The van der Waals surface area contributed by atoms with Crippen molar-refractivity contribution in [1.29, 1.82) is 0 Å². The SMILES string of the molecule is CCc1ccc2[cH-]c(C(C)(C)C)cc2c1-c1cc(C)cc(C)c1.CCc1ccc2[cH-]c(C(C)(C)C)cc2c1-c1cc(C)cc(C)c1.C[Si]C.[Cl][Zr+2][Cl]. The fourth-order valence-corrected chi connectivity index (χ4v) is 7.03. The third kappa shape index (κ3) is 11.4. The van der Waals surface area contributed by atoms with E-state index in [1.807, 2.05) is 0 Å². The van der Waals surface area contributed by atoms with Crippen LogP contribution in [0.4, 0.5) is 0 Å². The van der Waals surface area contributed by atoms with Gasteiger partial charge in [0, 0.05) is 9.52 Å². The quantitative estimate of drug-likeness (QED) is 0.123. The van der Waals surface area contributed by atoms with E-state index in [1.165, 1.54) is 88.3 Å². The first-order chi connectivity index (χ1) is 24.4. The third-order valence-corrected chi connectivity index (χ3v) is 9.47. The Bertz CT molecular complexity index is 1870. The standard InChI is InChI=1S/2C23H27.C2H6Si.2ClH.Zr/c2*1-7-17-8-9-18-13-20(23(4,5)6)14-21(18)22(17)19-11-15(2)10-16(3)12-19;1-3-2;;;/h2*8-14H,7H2,1-6H3;1-2H3;2*1H;/q2*-1;;;;+4/p-2. The topological polar surface area (TPSA) is 0 Å². The van der Waals surface area contributed by atoms with E-state index in [1.54, 1.807) is 0 Å². The minimum absolute atomic E-state index is 0.186. The van der Waals surface area contributed by atoms with Gasteiger partial charge in [-0.3, -0.25) is 0 Å². The van der Waals surface area contributed by atoms with Gasteiger partial charge in [-0.1, -0.05) is 149 Å². The second-order valence-electron chi connectivity index (χ2n) is 16.2. The Kier molecular flexibility index (Phi) is 16.5. The average molecular weight is 827 g/mol. The van der Waals surface area contributed by atoms with Crippen LogP contribution in [0.1, 0.15) is 99.9 Å². The molecule has 0 aromatic heterocycles. The Balaban J connectivity index is 0.000000244. The van der Waals surface area contributed by atoms with Crippen LogP contribution in [0.25, 0.3) is 43.8 Å². The maximum atomic E-state index is 4.93. The predicted octanol–water partition coefficient (Wildman–Crippen LogP) is 15.6. The molecule has 0 fully saturated rings. The molecule has 4 heteroatoms. The number of rotatable bonds is 4. The van der Waals surface area contributed by atoms with Crippen LogP contribution in [-0.2, 0) is 44.5 Å². The molecule has 0 amide bonds. The Morgan fingerprint density at radius 3 is 1.08 bits per heavy atom. The molecule has 0 bridgehead atoms. The van der Waals surface area contributed by atoms with Gasteiger partial charge in [0.05, 0.1) is 0 Å². The zero-order chi connectivity index (χ0) is 39.0. The first-order valence-electron chi connectivity index (χ1n) is 18.6. The van der Waals surface area contributed by atoms with E-state index in [4.69, 9.17) is 17.0 Å². The molecule has 52 heavy (non-hydrogen) atoms. The van der Waals surface area contributed by atoms with Gasteiger partial charge in [0.2, 0.25) is 0 Å². The van der Waals surface area contributed by atoms with E-state index in [-0.39, 0.29) is 10.8 Å². The van der Waals surface area contributed by atoms with Crippen molar-refractivity contribution in [3.8, 4) is 22.3 Å². The van der Waals surface area contributed by atoms with Crippen molar-refractivity contribution in [1.82, 2.24) is 0 Å². The van der Waals surface area contributed by atoms with Crippen LogP contribution in [0.15, 0.2) is 84.9 Å². The molecule has 6 rings (SSSR count). The van der Waals surface area contributed by atoms with Crippen molar-refractivity contribution in [3.63, 3.8) is 0 Å². The van der Waals surface area contributed by atoms with Gasteiger partial charge in [0.1, 0.15) is 0 Å². The van der Waals surface area contributed by atoms with Crippen LogP contribution in [0, 0.1) is 27.7 Å². The molecule has 0 aliphatic rings. The van der Waals surface area contributed by atoms with Crippen molar-refractivity contribution < 1.29 is 20.8 Å². The van der Waals surface area contributed by atoms with Crippen molar-refractivity contribution in [2.75, 3.05) is 0 Å². The molecule has 0 heterocycles. The number of fused-ring (bicyclic) bond motifs is 2. The zero-order valence-corrected chi connectivity index (χ0v) is 39.2. The first-order valence-corrected chi connectivity index (χ1v) is 26.9. The molecule has 0 aliphatic carbocycles. The second kappa shape index (κ2) is 19.4. The number of aryl methyl sites for hydroxylation is 6. The summed E-state index contributed by atoms with van der Waals surface area (Å²) in [6, 6.07) is 32.5. The number of hydrogen-bond acceptors (Lipinski definition) is 0. The minimum atomic E-state index is -0.826. The number of hydrogen-bond donors (Lipinski definition) is 0. The molecule has 0 saturated carbocycles. The molecule has 2 radical (unpaired) electrons. The van der Waals surface area contributed by atoms with Crippen molar-refractivity contribution in [3.05, 3.63) is 129 Å². The molecule has 274 valence electrons. The Hall–Kier alpha value is -2.22. The summed E-state index contributed by atoms with van der Waals surface area (Å²) in [5, 5.41) is 5.53. The maximum absolute atomic E-state index is 4.93. The van der Waals surface area contributed by atoms with Gasteiger partial charge in [-0.05, 0) is 62.5 Å². The Morgan fingerprint density at radius 2 is 0.827 bits per heavy atom. The van der Waals surface area contributed by atoms with Gasteiger partial charge >= 0.3 is 37.9 Å². The summed E-state index contributed by atoms with van der Waals surface area (Å²) in [6.45, 7) is 31.3. The number of benzene rings is 4. The monoisotopic (exact) mass is 824 g/mol. The summed E-state index contributed by atoms with van der Waals surface area (Å²) in [5.41, 5.74) is 17.0. The molecule has 0 nitrogen and oxygen atoms in total. The Morgan fingerprint density at radius 1 is 0.538 bits per heavy atom. The van der Waals surface area contributed by atoms with Crippen LogP contribution in [0.3, 0.4) is 0 Å². The molecule has 0 aliphatic heterocycles. The average Bonchev–Trinajstić information content (AvgIpc) is 3.69. The van der Waals surface area contributed by atoms with E-state index >= 15 is 0 Å². The van der Waals surface area contributed by atoms with E-state index in [9.17, 15) is 0 Å². The van der Waals surface area contributed by atoms with E-state index in [0.29, 0.717) is 0 Å². The van der Waals surface area contributed by atoms with Crippen LogP contribution >= 0.6 is 17.0 Å². The van der Waals surface area contributed by atoms with Crippen molar-refractivity contribution in [2.45, 2.75) is 120 Å². The van der Waals surface area contributed by atoms with Gasteiger partial charge in [0.25, 0.3) is 0 Å². The zero-order valence-electron chi connectivity index (χ0n) is 34.3. The molecule has 0 spiro atoms. The van der Waals surface area contributed by atoms with E-state index in [2.05, 4.69) is 181 Å². The third-order valence-electron chi connectivity index (χ3n) is 9.47.